The first-order valence-electron chi connectivity index (χ1n) is 11.2. The summed E-state index contributed by atoms with van der Waals surface area (Å²) in [6.45, 7) is 3.60. The lowest BCUT2D eigenvalue weighted by molar-refractivity contribution is -0.137. The first-order chi connectivity index (χ1) is 17.6. The molecule has 0 bridgehead atoms. The average molecular weight is 511 g/mol. The second-order valence-electron chi connectivity index (χ2n) is 8.32. The molecule has 0 aliphatic heterocycles. The molecule has 0 spiro atoms. The van der Waals surface area contributed by atoms with Crippen LogP contribution >= 0.6 is 0 Å². The van der Waals surface area contributed by atoms with Crippen LogP contribution in [0.1, 0.15) is 32.7 Å². The molecule has 192 valence electrons. The topological polar surface area (TPSA) is 123 Å². The van der Waals surface area contributed by atoms with Crippen molar-refractivity contribution in [3.05, 3.63) is 82.8 Å². The van der Waals surface area contributed by atoms with Gasteiger partial charge in [0.2, 0.25) is 0 Å². The number of halogens is 3. The fourth-order valence-electron chi connectivity index (χ4n) is 3.64. The number of nitrogens with two attached hydrogens (primary N) is 1. The molecule has 0 fully saturated rings. The SMILES string of the molecule is CNc1cc(-n2nc(C)cc2Nc2cc(NC(=O)c3cc(CN)cc(C(F)(F)F)c3)ccc2C)ncn1. The van der Waals surface area contributed by atoms with Gasteiger partial charge in [0.15, 0.2) is 5.82 Å². The van der Waals surface area contributed by atoms with Crippen LogP contribution in [0.25, 0.3) is 5.82 Å². The number of aryl methyl sites for hydroxylation is 2. The van der Waals surface area contributed by atoms with E-state index >= 15 is 0 Å². The third-order valence-corrected chi connectivity index (χ3v) is 5.53. The van der Waals surface area contributed by atoms with Gasteiger partial charge < -0.3 is 21.7 Å². The quantitative estimate of drug-likeness (QED) is 0.282. The normalized spacial score (nSPS) is 11.3. The van der Waals surface area contributed by atoms with Crippen molar-refractivity contribution in [3.63, 3.8) is 0 Å². The molecule has 0 atom stereocenters. The summed E-state index contributed by atoms with van der Waals surface area (Å²) in [6.07, 6.45) is -3.17. The van der Waals surface area contributed by atoms with Crippen LogP contribution in [0.5, 0.6) is 0 Å². The van der Waals surface area contributed by atoms with Crippen LogP contribution in [-0.2, 0) is 12.7 Å². The minimum atomic E-state index is -4.60. The minimum Gasteiger partial charge on any atom is -0.373 e. The predicted molar refractivity (Wildman–Crippen MR) is 135 cm³/mol. The highest BCUT2D eigenvalue weighted by Crippen LogP contribution is 2.31. The average Bonchev–Trinajstić information content (AvgIpc) is 3.25. The van der Waals surface area contributed by atoms with Crippen molar-refractivity contribution in [2.24, 2.45) is 5.73 Å². The fourth-order valence-corrected chi connectivity index (χ4v) is 3.64. The number of anilines is 4. The number of nitrogens with one attached hydrogen (secondary N) is 3. The third-order valence-electron chi connectivity index (χ3n) is 5.53. The zero-order valence-electron chi connectivity index (χ0n) is 20.3. The third kappa shape index (κ3) is 5.86. The molecule has 12 heteroatoms. The van der Waals surface area contributed by atoms with E-state index in [1.807, 2.05) is 19.9 Å². The molecule has 0 radical (unpaired) electrons. The number of rotatable bonds is 7. The molecule has 5 N–H and O–H groups in total. The van der Waals surface area contributed by atoms with Crippen LogP contribution in [0, 0.1) is 13.8 Å². The van der Waals surface area contributed by atoms with Gasteiger partial charge in [0, 0.05) is 42.7 Å². The smallest absolute Gasteiger partial charge is 0.373 e. The minimum absolute atomic E-state index is 0.127. The number of benzene rings is 2. The number of carbonyl (C=O) groups excluding carboxylic acids is 1. The van der Waals surface area contributed by atoms with E-state index in [-0.39, 0.29) is 17.7 Å². The number of nitrogens with zero attached hydrogens (tertiary/aromatic N) is 4. The van der Waals surface area contributed by atoms with Gasteiger partial charge >= 0.3 is 6.18 Å². The number of carbonyl (C=O) groups is 1. The number of aromatic nitrogens is 4. The Kier molecular flexibility index (Phi) is 7.11. The van der Waals surface area contributed by atoms with Crippen molar-refractivity contribution in [1.82, 2.24) is 19.7 Å². The van der Waals surface area contributed by atoms with Gasteiger partial charge in [-0.1, -0.05) is 6.07 Å². The van der Waals surface area contributed by atoms with Gasteiger partial charge in [-0.3, -0.25) is 4.79 Å². The maximum Gasteiger partial charge on any atom is 0.416 e. The summed E-state index contributed by atoms with van der Waals surface area (Å²) >= 11 is 0. The first kappa shape index (κ1) is 25.6. The molecule has 1 amide bonds. The summed E-state index contributed by atoms with van der Waals surface area (Å²) < 4.78 is 41.5. The Morgan fingerprint density at radius 1 is 1.05 bits per heavy atom. The Morgan fingerprint density at radius 2 is 1.84 bits per heavy atom. The molecule has 0 aliphatic rings. The van der Waals surface area contributed by atoms with E-state index in [1.54, 1.807) is 36.0 Å². The first-order valence-corrected chi connectivity index (χ1v) is 11.2. The highest BCUT2D eigenvalue weighted by atomic mass is 19.4. The van der Waals surface area contributed by atoms with Crippen LogP contribution in [0.2, 0.25) is 0 Å². The Balaban J connectivity index is 1.61. The van der Waals surface area contributed by atoms with E-state index in [2.05, 4.69) is 31.0 Å². The highest BCUT2D eigenvalue weighted by Gasteiger charge is 2.31. The van der Waals surface area contributed by atoms with Gasteiger partial charge in [-0.25, -0.2) is 9.97 Å². The number of alkyl halides is 3. The number of hydrogen-bond donors (Lipinski definition) is 4. The Bertz CT molecular complexity index is 1450. The lowest BCUT2D eigenvalue weighted by atomic mass is 10.0. The van der Waals surface area contributed by atoms with Gasteiger partial charge in [-0.2, -0.15) is 23.0 Å². The molecule has 0 unspecified atom stereocenters. The van der Waals surface area contributed by atoms with Crippen molar-refractivity contribution in [1.29, 1.82) is 0 Å². The van der Waals surface area contributed by atoms with Crippen LogP contribution in [0.4, 0.5) is 36.2 Å². The summed E-state index contributed by atoms with van der Waals surface area (Å²) in [5.41, 5.74) is 7.35. The lowest BCUT2D eigenvalue weighted by Crippen LogP contribution is -2.16. The standard InChI is InChI=1S/C25H25F3N8O/c1-14-4-5-19(33-24(37)17-7-16(12-29)8-18(9-17)25(26,27)28)10-20(14)34-23-6-15(2)35-36(23)22-11-21(30-3)31-13-32-22/h4-11,13,34H,12,29H2,1-3H3,(H,33,37)(H,30,31,32). The monoisotopic (exact) mass is 510 g/mol. The van der Waals surface area contributed by atoms with E-state index in [1.165, 1.54) is 12.4 Å². The summed E-state index contributed by atoms with van der Waals surface area (Å²) in [6, 6.07) is 11.8. The molecular weight excluding hydrogens is 485 g/mol. The van der Waals surface area contributed by atoms with Crippen LogP contribution in [0.3, 0.4) is 0 Å². The second-order valence-corrected chi connectivity index (χ2v) is 8.32. The zero-order chi connectivity index (χ0) is 26.7. The maximum absolute atomic E-state index is 13.3. The van der Waals surface area contributed by atoms with E-state index in [0.29, 0.717) is 28.8 Å². The number of amides is 1. The van der Waals surface area contributed by atoms with Gasteiger partial charge in [0.25, 0.3) is 5.91 Å². The molecule has 2 heterocycles. The molecule has 2 aromatic heterocycles. The zero-order valence-corrected chi connectivity index (χ0v) is 20.3. The molecule has 4 aromatic rings. The van der Waals surface area contributed by atoms with Crippen molar-refractivity contribution in [2.45, 2.75) is 26.6 Å². The van der Waals surface area contributed by atoms with Crippen LogP contribution < -0.4 is 21.7 Å². The lowest BCUT2D eigenvalue weighted by Gasteiger charge is -2.15. The van der Waals surface area contributed by atoms with E-state index in [4.69, 9.17) is 5.73 Å². The Labute approximate surface area is 210 Å². The maximum atomic E-state index is 13.3. The van der Waals surface area contributed by atoms with E-state index < -0.39 is 17.6 Å². The van der Waals surface area contributed by atoms with Gasteiger partial charge in [-0.15, -0.1) is 0 Å². The molecule has 9 nitrogen and oxygen atoms in total. The summed E-state index contributed by atoms with van der Waals surface area (Å²) in [4.78, 5) is 21.3. The van der Waals surface area contributed by atoms with E-state index in [0.717, 1.165) is 23.4 Å². The number of hydrogen-bond acceptors (Lipinski definition) is 7. The molecule has 0 aliphatic carbocycles. The van der Waals surface area contributed by atoms with Crippen LogP contribution in [0.15, 0.2) is 54.9 Å². The summed E-state index contributed by atoms with van der Waals surface area (Å²) in [5.74, 6) is 1.10. The summed E-state index contributed by atoms with van der Waals surface area (Å²) in [5, 5.41) is 13.4. The van der Waals surface area contributed by atoms with Gasteiger partial charge in [0.05, 0.1) is 11.3 Å². The largest absolute Gasteiger partial charge is 0.416 e. The predicted octanol–water partition coefficient (Wildman–Crippen LogP) is 4.79. The molecular formula is C25H25F3N8O. The molecule has 4 rings (SSSR count). The Hall–Kier alpha value is -4.45. The van der Waals surface area contributed by atoms with Gasteiger partial charge in [-0.05, 0) is 55.3 Å². The van der Waals surface area contributed by atoms with Crippen molar-refractivity contribution in [3.8, 4) is 5.82 Å². The molecule has 0 saturated heterocycles. The molecule has 0 saturated carbocycles. The van der Waals surface area contributed by atoms with E-state index in [9.17, 15) is 18.0 Å². The van der Waals surface area contributed by atoms with Crippen molar-refractivity contribution < 1.29 is 18.0 Å². The summed E-state index contributed by atoms with van der Waals surface area (Å²) in [7, 11) is 1.75. The molecule has 2 aromatic carbocycles. The second kappa shape index (κ2) is 10.3. The highest BCUT2D eigenvalue weighted by molar-refractivity contribution is 6.04. The van der Waals surface area contributed by atoms with Crippen LogP contribution in [-0.4, -0.2) is 32.7 Å². The van der Waals surface area contributed by atoms with Crippen molar-refractivity contribution in [2.75, 3.05) is 23.0 Å². The van der Waals surface area contributed by atoms with Gasteiger partial charge in [0.1, 0.15) is 18.0 Å². The van der Waals surface area contributed by atoms with Crippen molar-refractivity contribution >= 4 is 28.9 Å². The fraction of sp³-hybridized carbons (Fsp3) is 0.200. The Morgan fingerprint density at radius 3 is 2.54 bits per heavy atom. The molecule has 37 heavy (non-hydrogen) atoms.